The second-order valence-corrected chi connectivity index (χ2v) is 6.91. The number of carboxylic acid groups (broad SMARTS) is 2. The minimum absolute atomic E-state index is 1.17. The van der Waals surface area contributed by atoms with Crippen LogP contribution in [-0.2, 0) is 9.59 Å². The van der Waals surface area contributed by atoms with E-state index in [2.05, 4.69) is 74.7 Å². The third kappa shape index (κ3) is 9.43. The molecule has 0 amide bonds. The molecule has 0 aliphatic rings. The van der Waals surface area contributed by atoms with E-state index in [0.29, 0.717) is 0 Å². The Morgan fingerprint density at radius 3 is 1.39 bits per heavy atom. The number of hydrogen-bond acceptors (Lipinski definition) is 4. The van der Waals surface area contributed by atoms with Crippen LogP contribution in [0, 0.1) is 3.57 Å². The summed E-state index contributed by atoms with van der Waals surface area (Å²) in [5.41, 5.74) is 2.36. The van der Waals surface area contributed by atoms with Crippen LogP contribution in [0.5, 0.6) is 0 Å². The lowest BCUT2D eigenvalue weighted by Crippen LogP contribution is -2.39. The molecular formula is C20H13F6IN2O4. The summed E-state index contributed by atoms with van der Waals surface area (Å²) in [6.45, 7) is 0. The predicted molar refractivity (Wildman–Crippen MR) is 104 cm³/mol. The van der Waals surface area contributed by atoms with Crippen LogP contribution in [0.2, 0.25) is 0 Å². The van der Waals surface area contributed by atoms with Gasteiger partial charge in [0, 0.05) is 30.3 Å². The molecule has 0 bridgehead atoms. The number of alkyl halides is 6. The molecular weight excluding hydrogens is 573 g/mol. The Hall–Kier alpha value is -3.23. The highest BCUT2D eigenvalue weighted by Crippen LogP contribution is 2.17. The van der Waals surface area contributed by atoms with Gasteiger partial charge in [0.15, 0.2) is 24.8 Å². The molecule has 33 heavy (non-hydrogen) atoms. The molecule has 3 rings (SSSR count). The van der Waals surface area contributed by atoms with Crippen LogP contribution in [0.4, 0.5) is 26.3 Å². The molecule has 0 saturated carbocycles. The van der Waals surface area contributed by atoms with Crippen molar-refractivity contribution in [3.63, 3.8) is 0 Å². The molecule has 0 radical (unpaired) electrons. The van der Waals surface area contributed by atoms with Crippen LogP contribution in [-0.4, -0.2) is 24.3 Å². The zero-order chi connectivity index (χ0) is 25.2. The summed E-state index contributed by atoms with van der Waals surface area (Å²) in [5, 5.41) is 17.6. The lowest BCUT2D eigenvalue weighted by atomic mass is 10.2. The number of nitrogens with zero attached hydrogens (tertiary/aromatic N) is 2. The van der Waals surface area contributed by atoms with E-state index in [-0.39, 0.29) is 0 Å². The first kappa shape index (κ1) is 27.8. The summed E-state index contributed by atoms with van der Waals surface area (Å²) in [6.07, 6.45) is -2.11. The smallest absolute Gasteiger partial charge is 0.430 e. The average molecular weight is 586 g/mol. The number of carbonyl (C=O) groups excluding carboxylic acids is 2. The summed E-state index contributed by atoms with van der Waals surface area (Å²) in [6, 6.07) is 18.6. The molecule has 0 aliphatic heterocycles. The minimum atomic E-state index is -5.19. The first-order valence-electron chi connectivity index (χ1n) is 8.53. The normalized spacial score (nSPS) is 10.8. The van der Waals surface area contributed by atoms with E-state index < -0.39 is 24.3 Å². The molecule has 6 nitrogen and oxygen atoms in total. The molecule has 0 spiro atoms. The number of aromatic nitrogens is 2. The van der Waals surface area contributed by atoms with Crippen molar-refractivity contribution in [1.82, 2.24) is 0 Å². The third-order valence-electron chi connectivity index (χ3n) is 3.40. The number of benzene rings is 1. The number of hydrogen-bond donors (Lipinski definition) is 0. The summed E-state index contributed by atoms with van der Waals surface area (Å²) in [5.74, 6) is -6.01. The zero-order valence-corrected chi connectivity index (χ0v) is 18.3. The number of halogens is 7. The number of pyridine rings is 2. The number of aliphatic carboxylic acids is 2. The maximum atomic E-state index is 10.5. The molecule has 0 atom stereocenters. The number of rotatable bonds is 2. The van der Waals surface area contributed by atoms with Gasteiger partial charge in [-0.05, 0) is 28.7 Å². The van der Waals surface area contributed by atoms with Crippen LogP contribution in [0.15, 0.2) is 79.4 Å². The van der Waals surface area contributed by atoms with E-state index in [1.165, 1.54) is 14.9 Å². The highest BCUT2D eigenvalue weighted by atomic mass is 127. The average Bonchev–Trinajstić information content (AvgIpc) is 2.74. The number of carbonyl (C=O) groups is 2. The van der Waals surface area contributed by atoms with Crippen molar-refractivity contribution in [2.45, 2.75) is 12.4 Å². The van der Waals surface area contributed by atoms with Crippen molar-refractivity contribution < 1.29 is 55.3 Å². The van der Waals surface area contributed by atoms with Crippen molar-refractivity contribution in [1.29, 1.82) is 0 Å². The fourth-order valence-corrected chi connectivity index (χ4v) is 2.84. The van der Waals surface area contributed by atoms with Gasteiger partial charge in [-0.2, -0.15) is 35.5 Å². The highest BCUT2D eigenvalue weighted by molar-refractivity contribution is 14.1. The lowest BCUT2D eigenvalue weighted by molar-refractivity contribution is -0.633. The molecule has 0 saturated heterocycles. The first-order valence-corrected chi connectivity index (χ1v) is 9.61. The van der Waals surface area contributed by atoms with Gasteiger partial charge in [0.05, 0.1) is 3.57 Å². The van der Waals surface area contributed by atoms with Crippen molar-refractivity contribution in [2.75, 3.05) is 0 Å². The van der Waals surface area contributed by atoms with E-state index in [9.17, 15) is 26.3 Å². The molecule has 0 N–H and O–H groups in total. The number of carboxylic acids is 2. The zero-order valence-electron chi connectivity index (χ0n) is 16.2. The second kappa shape index (κ2) is 12.1. The Bertz CT molecular complexity index is 1040. The van der Waals surface area contributed by atoms with Crippen molar-refractivity contribution in [3.8, 4) is 11.4 Å². The highest BCUT2D eigenvalue weighted by Gasteiger charge is 2.29. The first-order chi connectivity index (χ1) is 15.2. The van der Waals surface area contributed by atoms with Gasteiger partial charge in [-0.25, -0.2) is 0 Å². The molecule has 0 unspecified atom stereocenters. The van der Waals surface area contributed by atoms with Crippen LogP contribution < -0.4 is 19.3 Å². The van der Waals surface area contributed by atoms with Gasteiger partial charge >= 0.3 is 12.4 Å². The fourth-order valence-electron chi connectivity index (χ4n) is 2.07. The Morgan fingerprint density at radius 2 is 1.03 bits per heavy atom. The molecule has 176 valence electrons. The van der Waals surface area contributed by atoms with E-state index in [1.54, 1.807) is 0 Å². The summed E-state index contributed by atoms with van der Waals surface area (Å²) in [4.78, 5) is 17.6. The van der Waals surface area contributed by atoms with E-state index >= 15 is 0 Å². The molecule has 0 aliphatic carbocycles. The lowest BCUT2D eigenvalue weighted by Gasteiger charge is -2.03. The maximum Gasteiger partial charge on any atom is 0.430 e. The number of para-hydroxylation sites is 1. The Kier molecular flexibility index (Phi) is 10.2. The van der Waals surface area contributed by atoms with E-state index in [1.807, 2.05) is 36.4 Å². The summed E-state index contributed by atoms with van der Waals surface area (Å²) in [7, 11) is 0. The molecule has 2 heterocycles. The third-order valence-corrected chi connectivity index (χ3v) is 4.27. The Labute approximate surface area is 196 Å². The van der Waals surface area contributed by atoms with Crippen LogP contribution >= 0.6 is 22.6 Å². The molecule has 1 aromatic carbocycles. The standard InChI is InChI=1S/C16H13IN2.2C2HF3O2/c17-14-8-7-9-15(18-10-3-1-4-11-18)16(14)19-12-5-2-6-13-19;2*3-2(4,5)1(6)7/h1-13H;2*(H,6,7)/q+2;;/p-2. The monoisotopic (exact) mass is 586 g/mol. The van der Waals surface area contributed by atoms with E-state index in [0.717, 1.165) is 0 Å². The maximum absolute atomic E-state index is 10.5. The predicted octanol–water partition coefficient (Wildman–Crippen LogP) is 1.44. The SMILES string of the molecule is Ic1cccc(-[n+]2ccccc2)c1-[n+]1ccccc1.O=C([O-])C(F)(F)F.O=C([O-])C(F)(F)F. The summed E-state index contributed by atoms with van der Waals surface area (Å²) < 4.78 is 68.6. The topological polar surface area (TPSA) is 88.0 Å². The van der Waals surface area contributed by atoms with Gasteiger partial charge in [0.25, 0.3) is 11.4 Å². The van der Waals surface area contributed by atoms with Crippen molar-refractivity contribution >= 4 is 34.5 Å². The van der Waals surface area contributed by atoms with Crippen LogP contribution in [0.1, 0.15) is 0 Å². The van der Waals surface area contributed by atoms with Gasteiger partial charge in [-0.1, -0.05) is 18.2 Å². The van der Waals surface area contributed by atoms with Gasteiger partial charge in [0.1, 0.15) is 11.9 Å². The van der Waals surface area contributed by atoms with Gasteiger partial charge in [0.2, 0.25) is 0 Å². The van der Waals surface area contributed by atoms with Gasteiger partial charge in [-0.15, -0.1) is 0 Å². The van der Waals surface area contributed by atoms with Gasteiger partial charge in [-0.3, -0.25) is 0 Å². The van der Waals surface area contributed by atoms with Crippen LogP contribution in [0.3, 0.4) is 0 Å². The van der Waals surface area contributed by atoms with E-state index in [4.69, 9.17) is 19.8 Å². The molecule has 2 aromatic heterocycles. The second-order valence-electron chi connectivity index (χ2n) is 5.74. The largest absolute Gasteiger partial charge is 0.542 e. The van der Waals surface area contributed by atoms with Crippen molar-refractivity contribution in [2.24, 2.45) is 0 Å². The molecule has 13 heteroatoms. The molecule has 0 fully saturated rings. The van der Waals surface area contributed by atoms with Gasteiger partial charge < -0.3 is 19.8 Å². The molecule has 3 aromatic rings. The minimum Gasteiger partial charge on any atom is -0.542 e. The summed E-state index contributed by atoms with van der Waals surface area (Å²) >= 11 is 2.38. The Balaban J connectivity index is 0.000000324. The Morgan fingerprint density at radius 1 is 0.667 bits per heavy atom. The quantitative estimate of drug-likeness (QED) is 0.259. The fraction of sp³-hybridized carbons (Fsp3) is 0.100. The van der Waals surface area contributed by atoms with Crippen molar-refractivity contribution in [3.05, 3.63) is 83.0 Å². The van der Waals surface area contributed by atoms with Crippen LogP contribution in [0.25, 0.3) is 11.4 Å².